The van der Waals surface area contributed by atoms with Gasteiger partial charge in [-0.2, -0.15) is 0 Å². The third-order valence-corrected chi connectivity index (χ3v) is 6.96. The van der Waals surface area contributed by atoms with Crippen LogP contribution >= 0.6 is 0 Å². The molecule has 0 unspecified atom stereocenters. The summed E-state index contributed by atoms with van der Waals surface area (Å²) in [5.41, 5.74) is 4.16. The molecule has 5 heteroatoms. The lowest BCUT2D eigenvalue weighted by atomic mass is 9.76. The minimum Gasteiger partial charge on any atom is -0.406 e. The minimum absolute atomic E-state index is 0.206. The van der Waals surface area contributed by atoms with Gasteiger partial charge in [-0.3, -0.25) is 0 Å². The highest BCUT2D eigenvalue weighted by molar-refractivity contribution is 5.84. The topological polar surface area (TPSA) is 9.23 Å². The lowest BCUT2D eigenvalue weighted by Gasteiger charge is -2.29. The monoisotopic (exact) mass is 446 g/mol. The number of unbranched alkanes of at least 4 members (excludes halogenated alkanes) is 1. The molecular formula is C27H30F4O. The fourth-order valence-electron chi connectivity index (χ4n) is 5.20. The Kier molecular flexibility index (Phi) is 6.92. The molecule has 0 atom stereocenters. The summed E-state index contributed by atoms with van der Waals surface area (Å²) in [7, 11) is 0. The molecule has 1 saturated carbocycles. The van der Waals surface area contributed by atoms with Crippen molar-refractivity contribution in [3.63, 3.8) is 0 Å². The predicted octanol–water partition coefficient (Wildman–Crippen LogP) is 8.68. The zero-order valence-corrected chi connectivity index (χ0v) is 18.5. The van der Waals surface area contributed by atoms with Gasteiger partial charge in [-0.1, -0.05) is 50.5 Å². The zero-order chi connectivity index (χ0) is 22.7. The van der Waals surface area contributed by atoms with Crippen molar-refractivity contribution < 1.29 is 22.3 Å². The maximum atomic E-state index is 15.1. The second-order valence-corrected chi connectivity index (χ2v) is 9.18. The highest BCUT2D eigenvalue weighted by Crippen LogP contribution is 2.39. The van der Waals surface area contributed by atoms with Crippen LogP contribution in [0.5, 0.6) is 5.75 Å². The molecule has 2 aromatic rings. The Morgan fingerprint density at radius 3 is 2.44 bits per heavy atom. The van der Waals surface area contributed by atoms with Gasteiger partial charge in [-0.25, -0.2) is 4.39 Å². The fourth-order valence-corrected chi connectivity index (χ4v) is 5.20. The van der Waals surface area contributed by atoms with E-state index in [4.69, 9.17) is 0 Å². The third-order valence-electron chi connectivity index (χ3n) is 6.96. The van der Waals surface area contributed by atoms with E-state index < -0.39 is 6.36 Å². The third kappa shape index (κ3) is 5.54. The average molecular weight is 447 g/mol. The summed E-state index contributed by atoms with van der Waals surface area (Å²) in [5, 5.41) is 0. The summed E-state index contributed by atoms with van der Waals surface area (Å²) in [6.07, 6.45) is 6.90. The van der Waals surface area contributed by atoms with Gasteiger partial charge in [0.15, 0.2) is 0 Å². The molecule has 172 valence electrons. The van der Waals surface area contributed by atoms with Crippen molar-refractivity contribution in [2.75, 3.05) is 0 Å². The Morgan fingerprint density at radius 1 is 0.969 bits per heavy atom. The quantitative estimate of drug-likeness (QED) is 0.403. The minimum atomic E-state index is -4.70. The van der Waals surface area contributed by atoms with E-state index in [1.165, 1.54) is 44.2 Å². The van der Waals surface area contributed by atoms with Crippen LogP contribution in [0.25, 0.3) is 11.6 Å². The van der Waals surface area contributed by atoms with Gasteiger partial charge in [-0.15, -0.1) is 13.2 Å². The Bertz CT molecular complexity index is 968. The van der Waals surface area contributed by atoms with Crippen LogP contribution in [-0.2, 0) is 6.42 Å². The van der Waals surface area contributed by atoms with Gasteiger partial charge in [0.25, 0.3) is 0 Å². The fraction of sp³-hybridized carbons (Fsp3) is 0.481. The standard InChI is InChI=1S/C27H30F4O/c1-2-3-4-18-5-7-19(8-6-18)22-12-14-25(26(28)17-22)23-10-9-21-16-24(32-27(29,30)31)13-11-20(21)15-23/h11-19H,2-10H2,1H3. The summed E-state index contributed by atoms with van der Waals surface area (Å²) in [4.78, 5) is 0. The number of hydrogen-bond acceptors (Lipinski definition) is 1. The van der Waals surface area contributed by atoms with Gasteiger partial charge in [0.1, 0.15) is 11.6 Å². The smallest absolute Gasteiger partial charge is 0.406 e. The molecule has 0 radical (unpaired) electrons. The van der Waals surface area contributed by atoms with E-state index >= 15 is 4.39 Å². The van der Waals surface area contributed by atoms with Crippen molar-refractivity contribution in [1.82, 2.24) is 0 Å². The van der Waals surface area contributed by atoms with Crippen molar-refractivity contribution in [2.45, 2.75) is 77.0 Å². The van der Waals surface area contributed by atoms with E-state index in [-0.39, 0.29) is 11.6 Å². The Hall–Kier alpha value is -2.30. The molecule has 0 amide bonds. The number of fused-ring (bicyclic) bond motifs is 1. The normalized spacial score (nSPS) is 21.1. The number of ether oxygens (including phenoxy) is 1. The number of rotatable bonds is 6. The van der Waals surface area contributed by atoms with Crippen LogP contribution in [0.15, 0.2) is 36.4 Å². The molecule has 0 spiro atoms. The van der Waals surface area contributed by atoms with Crippen LogP contribution in [0.1, 0.15) is 86.5 Å². The SMILES string of the molecule is CCCCC1CCC(c2ccc(C3=Cc4ccc(OC(F)(F)F)cc4CC3)c(F)c2)CC1. The lowest BCUT2D eigenvalue weighted by Crippen LogP contribution is -2.17. The second kappa shape index (κ2) is 9.68. The van der Waals surface area contributed by atoms with Crippen molar-refractivity contribution in [2.24, 2.45) is 5.92 Å². The first-order valence-corrected chi connectivity index (χ1v) is 11.7. The molecule has 0 aliphatic heterocycles. The van der Waals surface area contributed by atoms with Gasteiger partial charge in [0.05, 0.1) is 0 Å². The zero-order valence-electron chi connectivity index (χ0n) is 18.5. The maximum absolute atomic E-state index is 15.1. The summed E-state index contributed by atoms with van der Waals surface area (Å²) in [6.45, 7) is 2.23. The Labute approximate surface area is 187 Å². The molecular weight excluding hydrogens is 416 g/mol. The van der Waals surface area contributed by atoms with Gasteiger partial charge >= 0.3 is 6.36 Å². The largest absolute Gasteiger partial charge is 0.573 e. The van der Waals surface area contributed by atoms with E-state index in [9.17, 15) is 13.2 Å². The Balaban J connectivity index is 1.46. The number of alkyl halides is 3. The number of aryl methyl sites for hydroxylation is 1. The molecule has 2 aliphatic carbocycles. The van der Waals surface area contributed by atoms with E-state index in [1.54, 1.807) is 12.1 Å². The van der Waals surface area contributed by atoms with Gasteiger partial charge in [-0.05, 0) is 90.8 Å². The summed E-state index contributed by atoms with van der Waals surface area (Å²) >= 11 is 0. The molecule has 2 aromatic carbocycles. The van der Waals surface area contributed by atoms with Crippen LogP contribution < -0.4 is 4.74 Å². The lowest BCUT2D eigenvalue weighted by molar-refractivity contribution is -0.274. The van der Waals surface area contributed by atoms with Gasteiger partial charge in [0, 0.05) is 5.56 Å². The first kappa shape index (κ1) is 22.9. The van der Waals surface area contributed by atoms with Crippen molar-refractivity contribution in [3.05, 3.63) is 64.5 Å². The molecule has 0 bridgehead atoms. The molecule has 0 heterocycles. The summed E-state index contributed by atoms with van der Waals surface area (Å²) < 4.78 is 56.5. The molecule has 1 nitrogen and oxygen atoms in total. The van der Waals surface area contributed by atoms with Crippen molar-refractivity contribution in [1.29, 1.82) is 0 Å². The second-order valence-electron chi connectivity index (χ2n) is 9.18. The van der Waals surface area contributed by atoms with Crippen LogP contribution in [0, 0.1) is 11.7 Å². The maximum Gasteiger partial charge on any atom is 0.573 e. The average Bonchev–Trinajstić information content (AvgIpc) is 2.76. The van der Waals surface area contributed by atoms with Crippen molar-refractivity contribution >= 4 is 11.6 Å². The molecule has 0 saturated heterocycles. The highest BCUT2D eigenvalue weighted by Gasteiger charge is 2.31. The predicted molar refractivity (Wildman–Crippen MR) is 120 cm³/mol. The molecule has 2 aliphatic rings. The van der Waals surface area contributed by atoms with Gasteiger partial charge in [0.2, 0.25) is 0 Å². The van der Waals surface area contributed by atoms with E-state index in [1.807, 2.05) is 12.1 Å². The summed E-state index contributed by atoms with van der Waals surface area (Å²) in [6, 6.07) is 9.98. The van der Waals surface area contributed by atoms with Crippen LogP contribution in [0.3, 0.4) is 0 Å². The number of benzene rings is 2. The van der Waals surface area contributed by atoms with E-state index in [0.717, 1.165) is 41.0 Å². The Morgan fingerprint density at radius 2 is 1.75 bits per heavy atom. The molecule has 32 heavy (non-hydrogen) atoms. The van der Waals surface area contributed by atoms with E-state index in [0.29, 0.717) is 24.3 Å². The molecule has 0 aromatic heterocycles. The van der Waals surface area contributed by atoms with Crippen molar-refractivity contribution in [3.8, 4) is 5.75 Å². The van der Waals surface area contributed by atoms with Crippen LogP contribution in [0.2, 0.25) is 0 Å². The summed E-state index contributed by atoms with van der Waals surface area (Å²) in [5.74, 6) is 0.838. The molecule has 0 N–H and O–H groups in total. The van der Waals surface area contributed by atoms with Gasteiger partial charge < -0.3 is 4.74 Å². The highest BCUT2D eigenvalue weighted by atomic mass is 19.4. The van der Waals surface area contributed by atoms with Crippen LogP contribution in [0.4, 0.5) is 17.6 Å². The van der Waals surface area contributed by atoms with E-state index in [2.05, 4.69) is 17.7 Å². The number of hydrogen-bond donors (Lipinski definition) is 0. The van der Waals surface area contributed by atoms with Crippen LogP contribution in [-0.4, -0.2) is 6.36 Å². The molecule has 4 rings (SSSR count). The number of halogens is 4. The number of allylic oxidation sites excluding steroid dienone is 1. The molecule has 1 fully saturated rings. The first-order chi connectivity index (χ1) is 15.3. The first-order valence-electron chi connectivity index (χ1n) is 11.7.